The molecule has 0 unspecified atom stereocenters. The maximum Gasteiger partial charge on any atom is 0.152 e. The Labute approximate surface area is 161 Å². The van der Waals surface area contributed by atoms with Crippen molar-refractivity contribution in [3.05, 3.63) is 95.7 Å². The highest BCUT2D eigenvalue weighted by Crippen LogP contribution is 2.27. The first-order valence-electron chi connectivity index (χ1n) is 9.71. The van der Waals surface area contributed by atoms with Gasteiger partial charge in [0.05, 0.1) is 5.71 Å². The van der Waals surface area contributed by atoms with Crippen LogP contribution in [0.1, 0.15) is 36.0 Å². The highest BCUT2D eigenvalue weighted by molar-refractivity contribution is 6.13. The lowest BCUT2D eigenvalue weighted by Crippen LogP contribution is -2.45. The van der Waals surface area contributed by atoms with Crippen molar-refractivity contribution in [3.63, 3.8) is 0 Å². The number of rotatable bonds is 6. The molecule has 1 aromatic heterocycles. The quantitative estimate of drug-likeness (QED) is 0.578. The normalized spacial score (nSPS) is 14.6. The molecular weight excluding hydrogens is 330 g/mol. The molecule has 3 aromatic rings. The summed E-state index contributed by atoms with van der Waals surface area (Å²) in [6.07, 6.45) is 3.22. The summed E-state index contributed by atoms with van der Waals surface area (Å²) in [6, 6.07) is 24.8. The van der Waals surface area contributed by atoms with Crippen LogP contribution in [0.2, 0.25) is 0 Å². The zero-order valence-corrected chi connectivity index (χ0v) is 15.8. The predicted octanol–water partition coefficient (Wildman–Crippen LogP) is 5.06. The van der Waals surface area contributed by atoms with Gasteiger partial charge in [0.1, 0.15) is 0 Å². The van der Waals surface area contributed by atoms with Crippen LogP contribution < -0.4 is 0 Å². The van der Waals surface area contributed by atoms with Crippen LogP contribution in [0.4, 0.5) is 5.82 Å². The monoisotopic (exact) mass is 355 g/mol. The molecule has 0 spiro atoms. The third-order valence-corrected chi connectivity index (χ3v) is 5.06. The predicted molar refractivity (Wildman–Crippen MR) is 112 cm³/mol. The maximum absolute atomic E-state index is 4.88. The van der Waals surface area contributed by atoms with E-state index in [1.54, 1.807) is 0 Å². The Kier molecular flexibility index (Phi) is 5.40. The lowest BCUT2D eigenvalue weighted by atomic mass is 9.92. The van der Waals surface area contributed by atoms with E-state index in [-0.39, 0.29) is 0 Å². The molecule has 0 atom stereocenters. The van der Waals surface area contributed by atoms with Crippen molar-refractivity contribution in [2.45, 2.75) is 19.3 Å². The van der Waals surface area contributed by atoms with Crippen LogP contribution in [0.25, 0.3) is 0 Å². The van der Waals surface area contributed by atoms with Crippen LogP contribution in [-0.4, -0.2) is 35.2 Å². The van der Waals surface area contributed by atoms with Gasteiger partial charge >= 0.3 is 0 Å². The van der Waals surface area contributed by atoms with Gasteiger partial charge in [0.25, 0.3) is 0 Å². The fourth-order valence-corrected chi connectivity index (χ4v) is 3.59. The van der Waals surface area contributed by atoms with Crippen LogP contribution in [0.5, 0.6) is 0 Å². The van der Waals surface area contributed by atoms with E-state index in [1.807, 2.05) is 48.7 Å². The van der Waals surface area contributed by atoms with Gasteiger partial charge in [0, 0.05) is 36.3 Å². The summed E-state index contributed by atoms with van der Waals surface area (Å²) in [5.41, 5.74) is 4.48. The van der Waals surface area contributed by atoms with Crippen LogP contribution in [0, 0.1) is 0 Å². The second-order valence-electron chi connectivity index (χ2n) is 7.10. The lowest BCUT2D eigenvalue weighted by Gasteiger charge is -2.39. The number of aliphatic imine (C=N–C) groups is 1. The summed E-state index contributed by atoms with van der Waals surface area (Å²) >= 11 is 0. The Morgan fingerprint density at radius 3 is 2.07 bits per heavy atom. The van der Waals surface area contributed by atoms with Crippen molar-refractivity contribution < 1.29 is 0 Å². The second kappa shape index (κ2) is 8.28. The van der Waals surface area contributed by atoms with E-state index >= 15 is 0 Å². The van der Waals surface area contributed by atoms with Crippen LogP contribution in [0.15, 0.2) is 84.0 Å². The molecular formula is C24H25N3. The Morgan fingerprint density at radius 2 is 1.56 bits per heavy atom. The van der Waals surface area contributed by atoms with Crippen LogP contribution in [-0.2, 0) is 0 Å². The average Bonchev–Trinajstić information content (AvgIpc) is 2.70. The molecule has 1 aliphatic rings. The topological polar surface area (TPSA) is 28.5 Å². The zero-order chi connectivity index (χ0) is 18.5. The first-order valence-corrected chi connectivity index (χ1v) is 9.71. The van der Waals surface area contributed by atoms with Crippen molar-refractivity contribution in [2.24, 2.45) is 4.99 Å². The number of benzene rings is 2. The van der Waals surface area contributed by atoms with E-state index in [0.29, 0.717) is 5.92 Å². The van der Waals surface area contributed by atoms with E-state index in [4.69, 9.17) is 4.99 Å². The number of nitrogens with zero attached hydrogens (tertiary/aromatic N) is 3. The Balaban J connectivity index is 1.58. The molecule has 0 N–H and O–H groups in total. The first kappa shape index (κ1) is 17.6. The first-order chi connectivity index (χ1) is 13.3. The Bertz CT molecular complexity index is 838. The molecule has 0 bridgehead atoms. The van der Waals surface area contributed by atoms with E-state index in [9.17, 15) is 0 Å². The van der Waals surface area contributed by atoms with Gasteiger partial charge < -0.3 is 4.90 Å². The minimum absolute atomic E-state index is 0.616. The lowest BCUT2D eigenvalue weighted by molar-refractivity contribution is 0.148. The summed E-state index contributed by atoms with van der Waals surface area (Å²) in [7, 11) is 0. The molecule has 3 heteroatoms. The zero-order valence-electron chi connectivity index (χ0n) is 15.8. The summed E-state index contributed by atoms with van der Waals surface area (Å²) < 4.78 is 0. The van der Waals surface area contributed by atoms with Crippen molar-refractivity contribution in [3.8, 4) is 0 Å². The summed E-state index contributed by atoms with van der Waals surface area (Å²) in [5.74, 6) is 1.37. The Morgan fingerprint density at radius 1 is 0.926 bits per heavy atom. The van der Waals surface area contributed by atoms with Crippen LogP contribution in [0.3, 0.4) is 0 Å². The molecule has 1 fully saturated rings. The van der Waals surface area contributed by atoms with Gasteiger partial charge in [-0.3, -0.25) is 0 Å². The van der Waals surface area contributed by atoms with Crippen molar-refractivity contribution in [1.82, 2.24) is 9.88 Å². The van der Waals surface area contributed by atoms with Gasteiger partial charge in [-0.05, 0) is 24.6 Å². The minimum atomic E-state index is 0.616. The van der Waals surface area contributed by atoms with Gasteiger partial charge in [-0.1, -0.05) is 73.7 Å². The Hall–Kier alpha value is -2.78. The molecule has 1 saturated heterocycles. The van der Waals surface area contributed by atoms with E-state index in [0.717, 1.165) is 35.7 Å². The molecule has 0 radical (unpaired) electrons. The molecule has 2 heterocycles. The highest BCUT2D eigenvalue weighted by Gasteiger charge is 2.27. The van der Waals surface area contributed by atoms with Gasteiger partial charge in [-0.2, -0.15) is 0 Å². The van der Waals surface area contributed by atoms with Gasteiger partial charge in [-0.15, -0.1) is 0 Å². The van der Waals surface area contributed by atoms with Crippen LogP contribution >= 0.6 is 0 Å². The van der Waals surface area contributed by atoms with Gasteiger partial charge in [0.2, 0.25) is 0 Å². The summed E-state index contributed by atoms with van der Waals surface area (Å²) in [4.78, 5) is 12.0. The molecule has 2 aromatic carbocycles. The molecule has 0 aliphatic carbocycles. The molecule has 3 nitrogen and oxygen atoms in total. The fourth-order valence-electron chi connectivity index (χ4n) is 3.59. The van der Waals surface area contributed by atoms with Gasteiger partial charge in [0.15, 0.2) is 5.82 Å². The fraction of sp³-hybridized carbons (Fsp3) is 0.250. The molecule has 27 heavy (non-hydrogen) atoms. The molecule has 136 valence electrons. The molecule has 0 amide bonds. The molecule has 4 rings (SSSR count). The van der Waals surface area contributed by atoms with Crippen molar-refractivity contribution in [2.75, 3.05) is 19.6 Å². The van der Waals surface area contributed by atoms with Gasteiger partial charge in [-0.25, -0.2) is 9.98 Å². The van der Waals surface area contributed by atoms with Crippen molar-refractivity contribution >= 4 is 11.5 Å². The molecule has 1 aliphatic heterocycles. The number of aromatic nitrogens is 1. The van der Waals surface area contributed by atoms with E-state index < -0.39 is 0 Å². The number of hydrogen-bond acceptors (Lipinski definition) is 3. The molecule has 0 saturated carbocycles. The third-order valence-electron chi connectivity index (χ3n) is 5.06. The average molecular weight is 355 g/mol. The smallest absolute Gasteiger partial charge is 0.152 e. The summed E-state index contributed by atoms with van der Waals surface area (Å²) in [6.45, 7) is 5.73. The largest absolute Gasteiger partial charge is 0.302 e. The maximum atomic E-state index is 4.88. The third kappa shape index (κ3) is 4.15. The number of pyridine rings is 1. The standard InChI is InChI=1S/C24H25N3/c1-2-15-27-17-22(18-27)21-13-14-23(25-16-21)26-24(19-9-5-3-6-10-19)20-11-7-4-8-12-20/h3-14,16,22H,2,15,17-18H2,1H3. The van der Waals surface area contributed by atoms with E-state index in [1.165, 1.54) is 18.5 Å². The summed E-state index contributed by atoms with van der Waals surface area (Å²) in [5, 5.41) is 0. The SMILES string of the molecule is CCCN1CC(c2ccc(N=C(c3ccccc3)c3ccccc3)nc2)C1. The number of likely N-dealkylation sites (tertiary alicyclic amines) is 1. The minimum Gasteiger partial charge on any atom is -0.302 e. The van der Waals surface area contributed by atoms with E-state index in [2.05, 4.69) is 47.1 Å². The highest BCUT2D eigenvalue weighted by atomic mass is 15.2. The second-order valence-corrected chi connectivity index (χ2v) is 7.10. The van der Waals surface area contributed by atoms with Crippen molar-refractivity contribution in [1.29, 1.82) is 0 Å². The number of hydrogen-bond donors (Lipinski definition) is 0.